The number of carbonyl (C=O) groups is 1. The van der Waals surface area contributed by atoms with Crippen molar-refractivity contribution in [1.29, 1.82) is 0 Å². The first kappa shape index (κ1) is 21.5. The highest BCUT2D eigenvalue weighted by molar-refractivity contribution is 9.10. The normalized spacial score (nSPS) is 11.9. The molecule has 3 aromatic rings. The Balaban J connectivity index is 1.72. The first-order valence-corrected chi connectivity index (χ1v) is 11.4. The molecule has 0 unspecified atom stereocenters. The zero-order valence-electron chi connectivity index (χ0n) is 15.7. The second-order valence-corrected chi connectivity index (χ2v) is 10.4. The van der Waals surface area contributed by atoms with Gasteiger partial charge in [-0.05, 0) is 12.1 Å². The molecule has 13 heteroatoms. The Morgan fingerprint density at radius 2 is 2.10 bits per heavy atom. The molecule has 0 atom stereocenters. The summed E-state index contributed by atoms with van der Waals surface area (Å²) in [7, 11) is -2.58. The van der Waals surface area contributed by atoms with Crippen molar-refractivity contribution in [3.63, 3.8) is 0 Å². The summed E-state index contributed by atoms with van der Waals surface area (Å²) in [6, 6.07) is 7.33. The maximum absolute atomic E-state index is 12.7. The van der Waals surface area contributed by atoms with Gasteiger partial charge in [-0.1, -0.05) is 58.4 Å². The number of rotatable bonds is 7. The van der Waals surface area contributed by atoms with Crippen LogP contribution in [0.1, 0.15) is 19.7 Å². The van der Waals surface area contributed by atoms with Gasteiger partial charge in [0.1, 0.15) is 0 Å². The molecule has 0 aliphatic rings. The number of anilines is 1. The molecule has 1 amide bonds. The summed E-state index contributed by atoms with van der Waals surface area (Å²) in [6.45, 7) is 3.29. The SMILES string of the molecule is CC(C)C(=O)Nc1nnc(S(=O)(=O)N(C)Cc2nc(-c3cccc(Br)c3)no2)s1. The van der Waals surface area contributed by atoms with Crippen LogP contribution >= 0.6 is 27.3 Å². The molecule has 0 saturated heterocycles. The van der Waals surface area contributed by atoms with Gasteiger partial charge >= 0.3 is 0 Å². The first-order valence-electron chi connectivity index (χ1n) is 8.36. The van der Waals surface area contributed by atoms with Gasteiger partial charge in [-0.25, -0.2) is 8.42 Å². The minimum absolute atomic E-state index is 0.116. The molecule has 0 aliphatic carbocycles. The number of nitrogens with one attached hydrogen (secondary N) is 1. The van der Waals surface area contributed by atoms with Crippen LogP contribution in [0, 0.1) is 5.92 Å². The van der Waals surface area contributed by atoms with Gasteiger partial charge in [-0.2, -0.15) is 9.29 Å². The van der Waals surface area contributed by atoms with E-state index in [0.717, 1.165) is 25.7 Å². The standard InChI is InChI=1S/C16H17BrN6O4S2/c1-9(2)14(24)19-15-20-21-16(28-15)29(25,26)23(3)8-12-18-13(22-27-12)10-5-4-6-11(17)7-10/h4-7,9H,8H2,1-3H3,(H,19,20,24). The molecule has 10 nitrogen and oxygen atoms in total. The molecule has 1 N–H and O–H groups in total. The van der Waals surface area contributed by atoms with E-state index in [1.54, 1.807) is 13.8 Å². The summed E-state index contributed by atoms with van der Waals surface area (Å²) in [4.78, 5) is 16.0. The topological polar surface area (TPSA) is 131 Å². The third kappa shape index (κ3) is 5.04. The predicted molar refractivity (Wildman–Crippen MR) is 109 cm³/mol. The van der Waals surface area contributed by atoms with E-state index in [1.807, 2.05) is 24.3 Å². The van der Waals surface area contributed by atoms with E-state index in [9.17, 15) is 13.2 Å². The van der Waals surface area contributed by atoms with Crippen LogP contribution in [0.2, 0.25) is 0 Å². The Bertz CT molecular complexity index is 1130. The number of sulfonamides is 1. The lowest BCUT2D eigenvalue weighted by molar-refractivity contribution is -0.118. The largest absolute Gasteiger partial charge is 0.338 e. The van der Waals surface area contributed by atoms with Crippen molar-refractivity contribution in [3.8, 4) is 11.4 Å². The molecule has 2 aromatic heterocycles. The van der Waals surface area contributed by atoms with Crippen molar-refractivity contribution in [3.05, 3.63) is 34.6 Å². The highest BCUT2D eigenvalue weighted by atomic mass is 79.9. The fourth-order valence-corrected chi connectivity index (χ4v) is 4.70. The Labute approximate surface area is 179 Å². The molecule has 0 saturated carbocycles. The number of aromatic nitrogens is 4. The zero-order valence-corrected chi connectivity index (χ0v) is 18.9. The van der Waals surface area contributed by atoms with Crippen LogP contribution in [0.5, 0.6) is 0 Å². The lowest BCUT2D eigenvalue weighted by Crippen LogP contribution is -2.26. The number of nitrogens with zero attached hydrogens (tertiary/aromatic N) is 5. The lowest BCUT2D eigenvalue weighted by Gasteiger charge is -2.11. The van der Waals surface area contributed by atoms with Crippen LogP contribution in [0.4, 0.5) is 5.13 Å². The van der Waals surface area contributed by atoms with Crippen LogP contribution in [-0.2, 0) is 21.4 Å². The van der Waals surface area contributed by atoms with Crippen LogP contribution in [0.15, 0.2) is 37.6 Å². The van der Waals surface area contributed by atoms with Gasteiger partial charge in [0.15, 0.2) is 0 Å². The molecular weight excluding hydrogens is 484 g/mol. The van der Waals surface area contributed by atoms with Gasteiger partial charge in [-0.3, -0.25) is 4.79 Å². The monoisotopic (exact) mass is 500 g/mol. The predicted octanol–water partition coefficient (Wildman–Crippen LogP) is 2.77. The van der Waals surface area contributed by atoms with Gasteiger partial charge in [0, 0.05) is 23.0 Å². The molecule has 0 bridgehead atoms. The summed E-state index contributed by atoms with van der Waals surface area (Å²) >= 11 is 4.14. The van der Waals surface area contributed by atoms with E-state index in [4.69, 9.17) is 4.52 Å². The number of benzene rings is 1. The van der Waals surface area contributed by atoms with Crippen LogP contribution in [0.25, 0.3) is 11.4 Å². The van der Waals surface area contributed by atoms with Crippen molar-refractivity contribution < 1.29 is 17.7 Å². The van der Waals surface area contributed by atoms with Gasteiger partial charge < -0.3 is 9.84 Å². The van der Waals surface area contributed by atoms with E-state index >= 15 is 0 Å². The molecule has 3 rings (SSSR count). The molecule has 1 aromatic carbocycles. The van der Waals surface area contributed by atoms with E-state index in [1.165, 1.54) is 7.05 Å². The molecule has 2 heterocycles. The van der Waals surface area contributed by atoms with Crippen LogP contribution in [0.3, 0.4) is 0 Å². The van der Waals surface area contributed by atoms with Crippen molar-refractivity contribution in [1.82, 2.24) is 24.6 Å². The Kier molecular flexibility index (Phi) is 6.41. The van der Waals surface area contributed by atoms with E-state index < -0.39 is 10.0 Å². The quantitative estimate of drug-likeness (QED) is 0.489. The number of halogens is 1. The molecular formula is C16H17BrN6O4S2. The number of carbonyl (C=O) groups excluding carboxylic acids is 1. The van der Waals surface area contributed by atoms with Gasteiger partial charge in [0.05, 0.1) is 6.54 Å². The van der Waals surface area contributed by atoms with E-state index in [2.05, 4.69) is 41.6 Å². The highest BCUT2D eigenvalue weighted by Gasteiger charge is 2.28. The second kappa shape index (κ2) is 8.65. The van der Waals surface area contributed by atoms with Gasteiger partial charge in [0.25, 0.3) is 10.0 Å². The average Bonchev–Trinajstić information content (AvgIpc) is 3.31. The maximum Gasteiger partial charge on any atom is 0.272 e. The summed E-state index contributed by atoms with van der Waals surface area (Å²) in [5, 5.41) is 13.9. The summed E-state index contributed by atoms with van der Waals surface area (Å²) in [6.07, 6.45) is 0. The van der Waals surface area contributed by atoms with Gasteiger partial charge in [-0.15, -0.1) is 10.2 Å². The molecule has 0 aliphatic heterocycles. The van der Waals surface area contributed by atoms with Crippen molar-refractivity contribution in [2.24, 2.45) is 5.92 Å². The third-order valence-electron chi connectivity index (χ3n) is 3.70. The summed E-state index contributed by atoms with van der Waals surface area (Å²) in [5.74, 6) is -0.0615. The molecule has 0 fully saturated rings. The molecule has 29 heavy (non-hydrogen) atoms. The average molecular weight is 501 g/mol. The van der Waals surface area contributed by atoms with Crippen molar-refractivity contribution in [2.45, 2.75) is 24.7 Å². The fourth-order valence-electron chi connectivity index (χ4n) is 2.09. The number of hydrogen-bond donors (Lipinski definition) is 1. The van der Waals surface area contributed by atoms with Crippen LogP contribution in [-0.4, -0.2) is 46.0 Å². The molecule has 154 valence electrons. The van der Waals surface area contributed by atoms with Crippen molar-refractivity contribution >= 4 is 48.3 Å². The second-order valence-electron chi connectivity index (χ2n) is 6.30. The number of hydrogen-bond acceptors (Lipinski definition) is 9. The van der Waals surface area contributed by atoms with E-state index in [0.29, 0.717) is 5.82 Å². The third-order valence-corrected chi connectivity index (χ3v) is 7.18. The minimum Gasteiger partial charge on any atom is -0.338 e. The van der Waals surface area contributed by atoms with E-state index in [-0.39, 0.29) is 33.7 Å². The smallest absolute Gasteiger partial charge is 0.272 e. The van der Waals surface area contributed by atoms with Gasteiger partial charge in [0.2, 0.25) is 27.1 Å². The summed E-state index contributed by atoms with van der Waals surface area (Å²) in [5.41, 5.74) is 0.731. The fraction of sp³-hybridized carbons (Fsp3) is 0.312. The summed E-state index contributed by atoms with van der Waals surface area (Å²) < 4.78 is 32.2. The molecule has 0 radical (unpaired) electrons. The lowest BCUT2D eigenvalue weighted by atomic mass is 10.2. The van der Waals surface area contributed by atoms with Crippen LogP contribution < -0.4 is 5.32 Å². The Hall–Kier alpha value is -2.22. The Morgan fingerprint density at radius 1 is 1.34 bits per heavy atom. The Morgan fingerprint density at radius 3 is 2.79 bits per heavy atom. The maximum atomic E-state index is 12.7. The minimum atomic E-state index is -3.94. The highest BCUT2D eigenvalue weighted by Crippen LogP contribution is 2.25. The molecule has 0 spiro atoms. The zero-order chi connectivity index (χ0) is 21.2. The van der Waals surface area contributed by atoms with Crippen molar-refractivity contribution in [2.75, 3.05) is 12.4 Å². The number of amides is 1. The first-order chi connectivity index (χ1) is 13.7.